The summed E-state index contributed by atoms with van der Waals surface area (Å²) in [5.74, 6) is -1.89. The molecule has 32 heavy (non-hydrogen) atoms. The van der Waals surface area contributed by atoms with Crippen LogP contribution in [0.2, 0.25) is 0 Å². The summed E-state index contributed by atoms with van der Waals surface area (Å²) in [6.45, 7) is 7.26. The largest absolute Gasteiger partial charge is 0.457 e. The highest BCUT2D eigenvalue weighted by molar-refractivity contribution is 6.00. The van der Waals surface area contributed by atoms with Crippen molar-refractivity contribution < 1.29 is 18.3 Å². The Balaban J connectivity index is 1.74. The van der Waals surface area contributed by atoms with E-state index in [4.69, 9.17) is 4.74 Å². The fourth-order valence-electron chi connectivity index (χ4n) is 3.46. The topological polar surface area (TPSA) is 50.4 Å². The molecule has 1 atom stereocenters. The lowest BCUT2D eigenvalue weighted by atomic mass is 10.0. The Hall–Kier alpha value is -2.99. The molecule has 0 bridgehead atoms. The molecule has 1 amide bonds. The Kier molecular flexibility index (Phi) is 7.80. The van der Waals surface area contributed by atoms with Crippen molar-refractivity contribution in [1.82, 2.24) is 10.6 Å². The second kappa shape index (κ2) is 10.6. The van der Waals surface area contributed by atoms with Crippen LogP contribution < -0.4 is 15.4 Å². The van der Waals surface area contributed by atoms with Gasteiger partial charge in [-0.05, 0) is 80.4 Å². The van der Waals surface area contributed by atoms with Crippen LogP contribution in [0.25, 0.3) is 10.8 Å². The smallest absolute Gasteiger partial charge is 0.273 e. The Morgan fingerprint density at radius 3 is 2.50 bits per heavy atom. The fraction of sp³-hybridized carbons (Fsp3) is 0.346. The number of benzene rings is 3. The van der Waals surface area contributed by atoms with Gasteiger partial charge in [0.25, 0.3) is 11.8 Å². The SMILES string of the molecule is CCNCC[C@@H](C)NC(=O)c1ccc2c(Oc3ccc(C(F)(F)CC)cc3)cccc2c1. The van der Waals surface area contributed by atoms with E-state index in [1.807, 2.05) is 37.3 Å². The fourth-order valence-corrected chi connectivity index (χ4v) is 3.46. The second-order valence-corrected chi connectivity index (χ2v) is 7.89. The van der Waals surface area contributed by atoms with Gasteiger partial charge in [0, 0.05) is 29.0 Å². The number of carbonyl (C=O) groups excluding carboxylic acids is 1. The highest BCUT2D eigenvalue weighted by Gasteiger charge is 2.28. The lowest BCUT2D eigenvalue weighted by Crippen LogP contribution is -2.34. The van der Waals surface area contributed by atoms with Crippen molar-refractivity contribution in [3.63, 3.8) is 0 Å². The van der Waals surface area contributed by atoms with Crippen LogP contribution in [0.3, 0.4) is 0 Å². The molecule has 0 unspecified atom stereocenters. The third-order valence-electron chi connectivity index (χ3n) is 5.43. The lowest BCUT2D eigenvalue weighted by Gasteiger charge is -2.16. The predicted molar refractivity (Wildman–Crippen MR) is 125 cm³/mol. The molecule has 0 aromatic heterocycles. The van der Waals surface area contributed by atoms with Gasteiger partial charge >= 0.3 is 0 Å². The first-order chi connectivity index (χ1) is 15.3. The van der Waals surface area contributed by atoms with Gasteiger partial charge in [-0.25, -0.2) is 8.78 Å². The number of ether oxygens (including phenoxy) is 1. The van der Waals surface area contributed by atoms with E-state index < -0.39 is 5.92 Å². The molecule has 0 aliphatic rings. The van der Waals surface area contributed by atoms with Crippen molar-refractivity contribution in [3.05, 3.63) is 71.8 Å². The molecule has 0 heterocycles. The Bertz CT molecular complexity index is 1050. The summed E-state index contributed by atoms with van der Waals surface area (Å²) < 4.78 is 33.6. The Morgan fingerprint density at radius 1 is 1.06 bits per heavy atom. The number of nitrogens with one attached hydrogen (secondary N) is 2. The van der Waals surface area contributed by atoms with Crippen molar-refractivity contribution in [2.45, 2.75) is 45.6 Å². The van der Waals surface area contributed by atoms with Crippen molar-refractivity contribution in [2.24, 2.45) is 0 Å². The van der Waals surface area contributed by atoms with Gasteiger partial charge in [0.15, 0.2) is 0 Å². The maximum Gasteiger partial charge on any atom is 0.273 e. The van der Waals surface area contributed by atoms with Crippen LogP contribution >= 0.6 is 0 Å². The highest BCUT2D eigenvalue weighted by Crippen LogP contribution is 2.34. The molecular formula is C26H30F2N2O2. The summed E-state index contributed by atoms with van der Waals surface area (Å²) in [5.41, 5.74) is 0.553. The summed E-state index contributed by atoms with van der Waals surface area (Å²) in [5, 5.41) is 7.98. The number of rotatable bonds is 10. The quantitative estimate of drug-likeness (QED) is 0.366. The van der Waals surface area contributed by atoms with Crippen LogP contribution in [-0.2, 0) is 5.92 Å². The zero-order valence-electron chi connectivity index (χ0n) is 18.8. The molecule has 3 aromatic rings. The van der Waals surface area contributed by atoms with Gasteiger partial charge in [0.05, 0.1) is 0 Å². The van der Waals surface area contributed by atoms with Gasteiger partial charge in [-0.15, -0.1) is 0 Å². The van der Waals surface area contributed by atoms with E-state index in [9.17, 15) is 13.6 Å². The standard InChI is InChI=1S/C26H30F2N2O2/c1-4-26(27,28)21-10-12-22(13-11-21)32-24-8-6-7-19-17-20(9-14-23(19)24)25(31)30-18(3)15-16-29-5-2/h6-14,17-18,29H,4-5,15-16H2,1-3H3,(H,30,31)/t18-/m1/s1. The van der Waals surface area contributed by atoms with Gasteiger partial charge in [-0.3, -0.25) is 4.79 Å². The molecule has 0 saturated carbocycles. The average molecular weight is 441 g/mol. The van der Waals surface area contributed by atoms with Gasteiger partial charge in [0.1, 0.15) is 11.5 Å². The third kappa shape index (κ3) is 5.82. The molecule has 0 spiro atoms. The van der Waals surface area contributed by atoms with Crippen molar-refractivity contribution in [1.29, 1.82) is 0 Å². The summed E-state index contributed by atoms with van der Waals surface area (Å²) in [7, 11) is 0. The summed E-state index contributed by atoms with van der Waals surface area (Å²) in [6, 6.07) is 17.0. The van der Waals surface area contributed by atoms with Crippen LogP contribution in [0.15, 0.2) is 60.7 Å². The number of amides is 1. The normalized spacial score (nSPS) is 12.5. The zero-order valence-corrected chi connectivity index (χ0v) is 18.8. The second-order valence-electron chi connectivity index (χ2n) is 7.89. The molecule has 3 rings (SSSR count). The van der Waals surface area contributed by atoms with Crippen LogP contribution in [0.1, 0.15) is 49.5 Å². The summed E-state index contributed by atoms with van der Waals surface area (Å²) >= 11 is 0. The Labute approximate surface area is 188 Å². The average Bonchev–Trinajstić information content (AvgIpc) is 2.79. The molecule has 0 fully saturated rings. The van der Waals surface area contributed by atoms with E-state index in [-0.39, 0.29) is 23.9 Å². The first-order valence-corrected chi connectivity index (χ1v) is 11.0. The summed E-state index contributed by atoms with van der Waals surface area (Å²) in [4.78, 5) is 12.6. The first kappa shape index (κ1) is 23.7. The van der Waals surface area contributed by atoms with E-state index >= 15 is 0 Å². The molecule has 0 saturated heterocycles. The van der Waals surface area contributed by atoms with E-state index in [2.05, 4.69) is 17.6 Å². The molecule has 4 nitrogen and oxygen atoms in total. The number of hydrogen-bond donors (Lipinski definition) is 2. The molecule has 0 aliphatic carbocycles. The monoisotopic (exact) mass is 440 g/mol. The number of alkyl halides is 2. The minimum atomic E-state index is -2.85. The first-order valence-electron chi connectivity index (χ1n) is 11.0. The minimum Gasteiger partial charge on any atom is -0.457 e. The zero-order chi connectivity index (χ0) is 23.1. The van der Waals surface area contributed by atoms with Crippen molar-refractivity contribution in [2.75, 3.05) is 13.1 Å². The number of hydrogen-bond acceptors (Lipinski definition) is 3. The molecule has 0 radical (unpaired) electrons. The lowest BCUT2D eigenvalue weighted by molar-refractivity contribution is -0.00831. The van der Waals surface area contributed by atoms with Gasteiger partial charge in [0.2, 0.25) is 0 Å². The number of halogens is 2. The molecule has 2 N–H and O–H groups in total. The molecule has 3 aromatic carbocycles. The van der Waals surface area contributed by atoms with Gasteiger partial charge in [-0.2, -0.15) is 0 Å². The van der Waals surface area contributed by atoms with Crippen molar-refractivity contribution in [3.8, 4) is 11.5 Å². The van der Waals surface area contributed by atoms with Crippen LogP contribution in [0, 0.1) is 0 Å². The number of carbonyl (C=O) groups is 1. The van der Waals surface area contributed by atoms with Crippen LogP contribution in [0.5, 0.6) is 11.5 Å². The van der Waals surface area contributed by atoms with Crippen LogP contribution in [-0.4, -0.2) is 25.0 Å². The maximum absolute atomic E-state index is 13.8. The predicted octanol–water partition coefficient (Wildman–Crippen LogP) is 6.25. The molecule has 170 valence electrons. The number of fused-ring (bicyclic) bond motifs is 1. The van der Waals surface area contributed by atoms with E-state index in [0.717, 1.165) is 30.3 Å². The van der Waals surface area contributed by atoms with E-state index in [0.29, 0.717) is 17.1 Å². The minimum absolute atomic E-state index is 0.0272. The van der Waals surface area contributed by atoms with E-state index in [1.165, 1.54) is 19.1 Å². The van der Waals surface area contributed by atoms with E-state index in [1.54, 1.807) is 18.2 Å². The summed E-state index contributed by atoms with van der Waals surface area (Å²) in [6.07, 6.45) is 0.606. The van der Waals surface area contributed by atoms with Gasteiger partial charge < -0.3 is 15.4 Å². The highest BCUT2D eigenvalue weighted by atomic mass is 19.3. The maximum atomic E-state index is 13.8. The molecule has 6 heteroatoms. The molecular weight excluding hydrogens is 410 g/mol. The van der Waals surface area contributed by atoms with Crippen LogP contribution in [0.4, 0.5) is 8.78 Å². The van der Waals surface area contributed by atoms with Gasteiger partial charge in [-0.1, -0.05) is 26.0 Å². The molecule has 0 aliphatic heterocycles. The Morgan fingerprint density at radius 2 is 1.81 bits per heavy atom. The third-order valence-corrected chi connectivity index (χ3v) is 5.43. The van der Waals surface area contributed by atoms with Crippen molar-refractivity contribution >= 4 is 16.7 Å².